The predicted octanol–water partition coefficient (Wildman–Crippen LogP) is 1.22. The molecule has 1 saturated heterocycles. The Morgan fingerprint density at radius 2 is 2.30 bits per heavy atom. The summed E-state index contributed by atoms with van der Waals surface area (Å²) >= 11 is 0. The van der Waals surface area contributed by atoms with Gasteiger partial charge in [0.05, 0.1) is 25.2 Å². The zero-order chi connectivity index (χ0) is 16.7. The minimum absolute atomic E-state index is 0.187. The molecule has 0 bridgehead atoms. The number of urea groups is 1. The molecule has 1 aliphatic rings. The SMILES string of the molecule is C[C@@H](C#N)CN(C)C(=O)NCc1cccnc1N1CCOCC1. The minimum Gasteiger partial charge on any atom is -0.378 e. The third kappa shape index (κ3) is 4.83. The summed E-state index contributed by atoms with van der Waals surface area (Å²) in [4.78, 5) is 20.3. The lowest BCUT2D eigenvalue weighted by Gasteiger charge is -2.29. The Morgan fingerprint density at radius 1 is 1.57 bits per heavy atom. The highest BCUT2D eigenvalue weighted by Gasteiger charge is 2.17. The summed E-state index contributed by atoms with van der Waals surface area (Å²) in [7, 11) is 1.69. The van der Waals surface area contributed by atoms with E-state index in [0.717, 1.165) is 24.5 Å². The van der Waals surface area contributed by atoms with Gasteiger partial charge in [-0.2, -0.15) is 5.26 Å². The Hall–Kier alpha value is -2.33. The zero-order valence-corrected chi connectivity index (χ0v) is 13.7. The van der Waals surface area contributed by atoms with Gasteiger partial charge in [-0.3, -0.25) is 0 Å². The van der Waals surface area contributed by atoms with Crippen LogP contribution in [0, 0.1) is 17.2 Å². The molecule has 1 aliphatic heterocycles. The van der Waals surface area contributed by atoms with Crippen LogP contribution in [0.2, 0.25) is 0 Å². The van der Waals surface area contributed by atoms with E-state index in [1.54, 1.807) is 20.2 Å². The molecule has 1 fully saturated rings. The first-order valence-corrected chi connectivity index (χ1v) is 7.77. The van der Waals surface area contributed by atoms with Gasteiger partial charge in [-0.25, -0.2) is 9.78 Å². The molecule has 23 heavy (non-hydrogen) atoms. The van der Waals surface area contributed by atoms with E-state index < -0.39 is 0 Å². The fraction of sp³-hybridized carbons (Fsp3) is 0.562. The number of pyridine rings is 1. The highest BCUT2D eigenvalue weighted by molar-refractivity contribution is 5.74. The summed E-state index contributed by atoms with van der Waals surface area (Å²) < 4.78 is 5.37. The maximum absolute atomic E-state index is 12.1. The van der Waals surface area contributed by atoms with Crippen LogP contribution in [0.25, 0.3) is 0 Å². The lowest BCUT2D eigenvalue weighted by Crippen LogP contribution is -2.40. The van der Waals surface area contributed by atoms with Crippen LogP contribution in [-0.2, 0) is 11.3 Å². The Morgan fingerprint density at radius 3 is 3.00 bits per heavy atom. The van der Waals surface area contributed by atoms with Crippen LogP contribution < -0.4 is 10.2 Å². The molecule has 2 amide bonds. The van der Waals surface area contributed by atoms with E-state index in [9.17, 15) is 4.79 Å². The van der Waals surface area contributed by atoms with Crippen molar-refractivity contribution in [1.82, 2.24) is 15.2 Å². The molecule has 2 rings (SSSR count). The van der Waals surface area contributed by atoms with Gasteiger partial charge in [0.2, 0.25) is 0 Å². The normalized spacial score (nSPS) is 15.6. The number of anilines is 1. The number of ether oxygens (including phenoxy) is 1. The summed E-state index contributed by atoms with van der Waals surface area (Å²) in [6, 6.07) is 5.77. The Bertz CT molecular complexity index is 566. The van der Waals surface area contributed by atoms with Gasteiger partial charge in [0.25, 0.3) is 0 Å². The van der Waals surface area contributed by atoms with Crippen molar-refractivity contribution in [3.63, 3.8) is 0 Å². The Kier molecular flexibility index (Phi) is 6.18. The van der Waals surface area contributed by atoms with Crippen molar-refractivity contribution in [2.45, 2.75) is 13.5 Å². The fourth-order valence-corrected chi connectivity index (χ4v) is 2.47. The Balaban J connectivity index is 1.95. The number of nitrogens with zero attached hydrogens (tertiary/aromatic N) is 4. The second kappa shape index (κ2) is 8.34. The van der Waals surface area contributed by atoms with E-state index in [0.29, 0.717) is 26.3 Å². The van der Waals surface area contributed by atoms with E-state index >= 15 is 0 Å². The molecule has 0 radical (unpaired) electrons. The van der Waals surface area contributed by atoms with Crippen molar-refractivity contribution in [3.05, 3.63) is 23.9 Å². The maximum atomic E-state index is 12.1. The van der Waals surface area contributed by atoms with Gasteiger partial charge in [-0.15, -0.1) is 0 Å². The standard InChI is InChI=1S/C16H23N5O2/c1-13(10-17)12-20(2)16(22)19-11-14-4-3-5-18-15(14)21-6-8-23-9-7-21/h3-5,13H,6-9,11-12H2,1-2H3,(H,19,22)/t13-/m0/s1. The molecule has 1 aromatic heterocycles. The zero-order valence-electron chi connectivity index (χ0n) is 13.7. The molecule has 0 unspecified atom stereocenters. The van der Waals surface area contributed by atoms with E-state index in [4.69, 9.17) is 10.00 Å². The van der Waals surface area contributed by atoms with E-state index in [1.165, 1.54) is 4.90 Å². The summed E-state index contributed by atoms with van der Waals surface area (Å²) in [6.07, 6.45) is 1.76. The fourth-order valence-electron chi connectivity index (χ4n) is 2.47. The number of amides is 2. The van der Waals surface area contributed by atoms with Gasteiger partial charge >= 0.3 is 6.03 Å². The molecule has 0 saturated carbocycles. The van der Waals surface area contributed by atoms with Crippen LogP contribution in [0.1, 0.15) is 12.5 Å². The molecule has 0 aliphatic carbocycles. The minimum atomic E-state index is -0.191. The van der Waals surface area contributed by atoms with Gasteiger partial charge in [-0.1, -0.05) is 6.07 Å². The predicted molar refractivity (Wildman–Crippen MR) is 86.9 cm³/mol. The second-order valence-electron chi connectivity index (χ2n) is 5.65. The first-order valence-electron chi connectivity index (χ1n) is 7.77. The van der Waals surface area contributed by atoms with Crippen molar-refractivity contribution in [3.8, 4) is 6.07 Å². The van der Waals surface area contributed by atoms with Crippen molar-refractivity contribution < 1.29 is 9.53 Å². The number of rotatable bonds is 5. The highest BCUT2D eigenvalue weighted by atomic mass is 16.5. The molecule has 124 valence electrons. The maximum Gasteiger partial charge on any atom is 0.317 e. The molecule has 7 heteroatoms. The topological polar surface area (TPSA) is 81.5 Å². The van der Waals surface area contributed by atoms with Gasteiger partial charge in [0, 0.05) is 45.0 Å². The average molecular weight is 317 g/mol. The number of nitriles is 1. The Labute approximate surface area is 136 Å². The lowest BCUT2D eigenvalue weighted by molar-refractivity contribution is 0.122. The van der Waals surface area contributed by atoms with Crippen molar-refractivity contribution in [2.24, 2.45) is 5.92 Å². The summed E-state index contributed by atoms with van der Waals surface area (Å²) in [5.74, 6) is 0.706. The largest absolute Gasteiger partial charge is 0.378 e. The van der Waals surface area contributed by atoms with Crippen LogP contribution in [0.4, 0.5) is 10.6 Å². The number of nitrogens with one attached hydrogen (secondary N) is 1. The van der Waals surface area contributed by atoms with Gasteiger partial charge in [0.1, 0.15) is 5.82 Å². The molecular formula is C16H23N5O2. The van der Waals surface area contributed by atoms with E-state index in [2.05, 4.69) is 21.3 Å². The van der Waals surface area contributed by atoms with Crippen LogP contribution in [0.5, 0.6) is 0 Å². The molecule has 1 N–H and O–H groups in total. The highest BCUT2D eigenvalue weighted by Crippen LogP contribution is 2.18. The summed E-state index contributed by atoms with van der Waals surface area (Å²) in [5.41, 5.74) is 0.976. The summed E-state index contributed by atoms with van der Waals surface area (Å²) in [6.45, 7) is 5.60. The molecule has 0 spiro atoms. The lowest BCUT2D eigenvalue weighted by atomic mass is 10.2. The van der Waals surface area contributed by atoms with Crippen molar-refractivity contribution in [2.75, 3.05) is 44.8 Å². The summed E-state index contributed by atoms with van der Waals surface area (Å²) in [5, 5.41) is 11.7. The van der Waals surface area contributed by atoms with Crippen LogP contribution in [0.15, 0.2) is 18.3 Å². The molecule has 1 aromatic rings. The molecule has 7 nitrogen and oxygen atoms in total. The van der Waals surface area contributed by atoms with Crippen LogP contribution >= 0.6 is 0 Å². The van der Waals surface area contributed by atoms with Gasteiger partial charge in [0.15, 0.2) is 0 Å². The van der Waals surface area contributed by atoms with Crippen molar-refractivity contribution >= 4 is 11.8 Å². The molecule has 2 heterocycles. The third-order valence-corrected chi connectivity index (χ3v) is 3.72. The number of carbonyl (C=O) groups is 1. The second-order valence-corrected chi connectivity index (χ2v) is 5.65. The number of morpholine rings is 1. The quantitative estimate of drug-likeness (QED) is 0.883. The first-order chi connectivity index (χ1) is 11.1. The van der Waals surface area contributed by atoms with Gasteiger partial charge in [-0.05, 0) is 13.0 Å². The van der Waals surface area contributed by atoms with Crippen molar-refractivity contribution in [1.29, 1.82) is 5.26 Å². The number of carbonyl (C=O) groups excluding carboxylic acids is 1. The molecule has 1 atom stereocenters. The van der Waals surface area contributed by atoms with E-state index in [1.807, 2.05) is 12.1 Å². The van der Waals surface area contributed by atoms with E-state index in [-0.39, 0.29) is 11.9 Å². The average Bonchev–Trinajstić information content (AvgIpc) is 2.60. The molecule has 0 aromatic carbocycles. The van der Waals surface area contributed by atoms with Crippen LogP contribution in [-0.4, -0.2) is 55.8 Å². The monoisotopic (exact) mass is 317 g/mol. The molecular weight excluding hydrogens is 294 g/mol. The third-order valence-electron chi connectivity index (χ3n) is 3.72. The van der Waals surface area contributed by atoms with Gasteiger partial charge < -0.3 is 19.9 Å². The smallest absolute Gasteiger partial charge is 0.317 e. The first kappa shape index (κ1) is 17.0. The number of hydrogen-bond donors (Lipinski definition) is 1. The number of hydrogen-bond acceptors (Lipinski definition) is 5. The number of aromatic nitrogens is 1. The van der Waals surface area contributed by atoms with Crippen LogP contribution in [0.3, 0.4) is 0 Å².